The van der Waals surface area contributed by atoms with Gasteiger partial charge in [0.2, 0.25) is 17.7 Å². The van der Waals surface area contributed by atoms with Gasteiger partial charge in [-0.05, 0) is 78.3 Å². The maximum Gasteiger partial charge on any atom is 0.262 e. The Bertz CT molecular complexity index is 2180. The maximum atomic E-state index is 13.3. The molecule has 51 heavy (non-hydrogen) atoms. The molecule has 2 fully saturated rings. The van der Waals surface area contributed by atoms with E-state index >= 15 is 0 Å². The van der Waals surface area contributed by atoms with Gasteiger partial charge in [-0.2, -0.15) is 0 Å². The molecular formula is C40H43N7O4. The van der Waals surface area contributed by atoms with E-state index in [0.717, 1.165) is 63.0 Å². The highest BCUT2D eigenvalue weighted by Crippen LogP contribution is 2.37. The van der Waals surface area contributed by atoms with Crippen molar-refractivity contribution < 1.29 is 14.3 Å². The van der Waals surface area contributed by atoms with Crippen molar-refractivity contribution in [3.63, 3.8) is 0 Å². The summed E-state index contributed by atoms with van der Waals surface area (Å²) in [4.78, 5) is 45.8. The van der Waals surface area contributed by atoms with Gasteiger partial charge in [0, 0.05) is 80.2 Å². The second-order valence-corrected chi connectivity index (χ2v) is 13.4. The largest absolute Gasteiger partial charge is 0.481 e. The molecule has 0 spiro atoms. The first-order valence-electron chi connectivity index (χ1n) is 17.5. The van der Waals surface area contributed by atoms with E-state index in [1.165, 1.54) is 0 Å². The molecule has 0 saturated carbocycles. The molecule has 2 atom stereocenters. The average molecular weight is 686 g/mol. The average Bonchev–Trinajstić information content (AvgIpc) is 3.76. The minimum Gasteiger partial charge on any atom is -0.481 e. The molecule has 0 bridgehead atoms. The highest BCUT2D eigenvalue weighted by molar-refractivity contribution is 5.84. The zero-order chi connectivity index (χ0) is 35.5. The highest BCUT2D eigenvalue weighted by Gasteiger charge is 2.22. The Hall–Kier alpha value is -5.39. The van der Waals surface area contributed by atoms with Crippen LogP contribution in [0.5, 0.6) is 5.88 Å². The van der Waals surface area contributed by atoms with Gasteiger partial charge in [0.1, 0.15) is 5.65 Å². The lowest BCUT2D eigenvalue weighted by molar-refractivity contribution is -0.120. The fourth-order valence-corrected chi connectivity index (χ4v) is 7.20. The number of nitrogens with one attached hydrogen (secondary N) is 4. The van der Waals surface area contributed by atoms with Crippen LogP contribution in [0.1, 0.15) is 47.9 Å². The summed E-state index contributed by atoms with van der Waals surface area (Å²) in [7, 11) is 1.64. The summed E-state index contributed by atoms with van der Waals surface area (Å²) >= 11 is 0. The van der Waals surface area contributed by atoms with Crippen molar-refractivity contribution in [1.82, 2.24) is 35.6 Å². The Labute approximate surface area is 296 Å². The van der Waals surface area contributed by atoms with E-state index in [-0.39, 0.29) is 29.5 Å². The number of aromatic nitrogens is 3. The van der Waals surface area contributed by atoms with Crippen LogP contribution in [-0.4, -0.2) is 58.5 Å². The zero-order valence-electron chi connectivity index (χ0n) is 29.2. The highest BCUT2D eigenvalue weighted by atomic mass is 16.5. The van der Waals surface area contributed by atoms with Gasteiger partial charge in [-0.15, -0.1) is 0 Å². The summed E-state index contributed by atoms with van der Waals surface area (Å²) in [6.45, 7) is 6.54. The molecule has 262 valence electrons. The van der Waals surface area contributed by atoms with Gasteiger partial charge >= 0.3 is 0 Å². The standard InChI is InChI=1S/C40H43N7O4/c1-24-31(26-16-17-47-36(18-26)43-21-28(40(47)50)20-42-23-30-12-15-38(49)45-30)6-4-7-32(24)33-8-5-9-34(25(33)2)35-13-10-27(39(46-35)51-3)19-41-22-29-11-14-37(48)44-29/h4-10,13,16-18,21,29-30,41-42H,11-12,14-15,19-20,22-23H2,1-3H3,(H,44,48)(H,45,49)/t29-,30+/m0/s1. The van der Waals surface area contributed by atoms with Crippen LogP contribution >= 0.6 is 0 Å². The third kappa shape index (κ3) is 7.26. The van der Waals surface area contributed by atoms with E-state index < -0.39 is 0 Å². The smallest absolute Gasteiger partial charge is 0.262 e. The molecule has 2 amide bonds. The lowest BCUT2D eigenvalue weighted by Crippen LogP contribution is -2.36. The molecule has 4 N–H and O–H groups in total. The second kappa shape index (κ2) is 14.8. The molecule has 5 heterocycles. The number of pyridine rings is 2. The molecule has 2 aliphatic rings. The molecule has 0 aliphatic carbocycles. The van der Waals surface area contributed by atoms with Gasteiger partial charge in [0.15, 0.2) is 0 Å². The van der Waals surface area contributed by atoms with Crippen molar-refractivity contribution in [1.29, 1.82) is 0 Å². The Kier molecular flexibility index (Phi) is 9.92. The zero-order valence-corrected chi connectivity index (χ0v) is 29.2. The Morgan fingerprint density at radius 1 is 0.784 bits per heavy atom. The van der Waals surface area contributed by atoms with Crippen molar-refractivity contribution >= 4 is 17.5 Å². The van der Waals surface area contributed by atoms with Gasteiger partial charge in [-0.25, -0.2) is 9.97 Å². The van der Waals surface area contributed by atoms with Crippen molar-refractivity contribution in [2.45, 2.75) is 64.7 Å². The summed E-state index contributed by atoms with van der Waals surface area (Å²) in [6.07, 6.45) is 6.23. The Morgan fingerprint density at radius 3 is 2.02 bits per heavy atom. The quantitative estimate of drug-likeness (QED) is 0.151. The SMILES string of the molecule is COc1nc(-c2cccc(-c3cccc(-c4ccn5c(=O)c(CNC[C@H]6CCC(=O)N6)cnc5c4)c3C)c2C)ccc1CNC[C@@H]1CCC(=O)N1. The fraction of sp³-hybridized carbons (Fsp3) is 0.325. The summed E-state index contributed by atoms with van der Waals surface area (Å²) < 4.78 is 7.29. The van der Waals surface area contributed by atoms with E-state index in [0.29, 0.717) is 56.1 Å². The van der Waals surface area contributed by atoms with Crippen LogP contribution in [0.15, 0.2) is 77.9 Å². The van der Waals surface area contributed by atoms with E-state index in [4.69, 9.17) is 9.72 Å². The second-order valence-electron chi connectivity index (χ2n) is 13.4. The van der Waals surface area contributed by atoms with E-state index in [9.17, 15) is 14.4 Å². The van der Waals surface area contributed by atoms with E-state index in [1.807, 2.05) is 18.2 Å². The van der Waals surface area contributed by atoms with Crippen LogP contribution in [-0.2, 0) is 22.7 Å². The van der Waals surface area contributed by atoms with Crippen LogP contribution in [0.2, 0.25) is 0 Å². The Morgan fingerprint density at radius 2 is 1.39 bits per heavy atom. The molecular weight excluding hydrogens is 642 g/mol. The lowest BCUT2D eigenvalue weighted by Gasteiger charge is -2.17. The summed E-state index contributed by atoms with van der Waals surface area (Å²) in [5.41, 5.74) is 10.4. The van der Waals surface area contributed by atoms with Gasteiger partial charge in [0.25, 0.3) is 5.56 Å². The number of carbonyl (C=O) groups excluding carboxylic acids is 2. The summed E-state index contributed by atoms with van der Waals surface area (Å²) in [5.74, 6) is 0.763. The van der Waals surface area contributed by atoms with Crippen molar-refractivity contribution in [3.8, 4) is 39.4 Å². The summed E-state index contributed by atoms with van der Waals surface area (Å²) in [5, 5.41) is 12.6. The van der Waals surface area contributed by atoms with Crippen LogP contribution in [0, 0.1) is 13.8 Å². The van der Waals surface area contributed by atoms with Crippen LogP contribution < -0.4 is 31.6 Å². The number of methoxy groups -OCH3 is 1. The van der Waals surface area contributed by atoms with Crippen molar-refractivity contribution in [3.05, 3.63) is 106 Å². The first-order valence-corrected chi connectivity index (χ1v) is 17.5. The van der Waals surface area contributed by atoms with Crippen LogP contribution in [0.3, 0.4) is 0 Å². The molecule has 2 saturated heterocycles. The molecule has 0 radical (unpaired) electrons. The summed E-state index contributed by atoms with van der Waals surface area (Å²) in [6, 6.07) is 20.9. The number of amides is 2. The number of benzene rings is 2. The number of fused-ring (bicyclic) bond motifs is 1. The number of rotatable bonds is 12. The molecule has 5 aromatic rings. The van der Waals surface area contributed by atoms with Gasteiger partial charge in [-0.1, -0.05) is 42.5 Å². The minimum atomic E-state index is -0.110. The number of nitrogens with zero attached hydrogens (tertiary/aromatic N) is 3. The fourth-order valence-electron chi connectivity index (χ4n) is 7.20. The van der Waals surface area contributed by atoms with Crippen LogP contribution in [0.25, 0.3) is 39.2 Å². The van der Waals surface area contributed by atoms with Gasteiger partial charge < -0.3 is 26.0 Å². The predicted octanol–water partition coefficient (Wildman–Crippen LogP) is 4.45. The maximum absolute atomic E-state index is 13.3. The first-order chi connectivity index (χ1) is 24.8. The molecule has 2 aromatic carbocycles. The monoisotopic (exact) mass is 685 g/mol. The molecule has 0 unspecified atom stereocenters. The normalized spacial score (nSPS) is 17.2. The molecule has 7 rings (SSSR count). The molecule has 11 nitrogen and oxygen atoms in total. The first kappa shape index (κ1) is 34.1. The topological polar surface area (TPSA) is 139 Å². The Balaban J connectivity index is 1.10. The number of ether oxygens (including phenoxy) is 1. The third-order valence-electron chi connectivity index (χ3n) is 10.0. The number of hydrogen-bond acceptors (Lipinski definition) is 8. The van der Waals surface area contributed by atoms with E-state index in [1.54, 1.807) is 23.9 Å². The predicted molar refractivity (Wildman–Crippen MR) is 197 cm³/mol. The molecule has 3 aromatic heterocycles. The lowest BCUT2D eigenvalue weighted by atomic mass is 9.89. The van der Waals surface area contributed by atoms with Crippen LogP contribution in [0.4, 0.5) is 0 Å². The third-order valence-corrected chi connectivity index (χ3v) is 10.0. The van der Waals surface area contributed by atoms with Crippen molar-refractivity contribution in [2.24, 2.45) is 0 Å². The molecule has 11 heteroatoms. The van der Waals surface area contributed by atoms with E-state index in [2.05, 4.69) is 82.6 Å². The van der Waals surface area contributed by atoms with Crippen molar-refractivity contribution in [2.75, 3.05) is 20.2 Å². The molecule has 2 aliphatic heterocycles. The minimum absolute atomic E-state index is 0.0766. The number of hydrogen-bond donors (Lipinski definition) is 4. The van der Waals surface area contributed by atoms with Gasteiger partial charge in [-0.3, -0.25) is 18.8 Å². The van der Waals surface area contributed by atoms with Gasteiger partial charge in [0.05, 0.1) is 12.8 Å². The number of carbonyl (C=O) groups is 2.